The van der Waals surface area contributed by atoms with Gasteiger partial charge in [-0.2, -0.15) is 5.26 Å². The summed E-state index contributed by atoms with van der Waals surface area (Å²) in [4.78, 5) is 8.96. The number of hydrogen-bond donors (Lipinski definition) is 1. The fraction of sp³-hybridized carbons (Fsp3) is 0.0870. The lowest BCUT2D eigenvalue weighted by Crippen LogP contribution is -2.15. The molecule has 0 radical (unpaired) electrons. The van der Waals surface area contributed by atoms with E-state index in [0.717, 1.165) is 27.8 Å². The van der Waals surface area contributed by atoms with Crippen molar-refractivity contribution < 1.29 is 0 Å². The van der Waals surface area contributed by atoms with E-state index < -0.39 is 0 Å². The Bertz CT molecular complexity index is 1130. The van der Waals surface area contributed by atoms with Gasteiger partial charge in [0.25, 0.3) is 0 Å². The normalized spacial score (nSPS) is 11.7. The zero-order chi connectivity index (χ0) is 18.6. The molecule has 0 saturated heterocycles. The van der Waals surface area contributed by atoms with E-state index in [1.807, 2.05) is 48.5 Å². The van der Waals surface area contributed by atoms with Crippen LogP contribution in [0.5, 0.6) is 0 Å². The van der Waals surface area contributed by atoms with Crippen molar-refractivity contribution in [2.24, 2.45) is 0 Å². The van der Waals surface area contributed by atoms with Gasteiger partial charge in [-0.3, -0.25) is 9.97 Å². The third-order valence-corrected chi connectivity index (χ3v) is 4.54. The summed E-state index contributed by atoms with van der Waals surface area (Å²) in [6.45, 7) is 2.07. The number of nitrogens with one attached hydrogen (secondary N) is 1. The molecule has 0 saturated carbocycles. The molecule has 0 aliphatic heterocycles. The standard InChI is InChI=1S/C23H18N4/c1-16-7-6-8-17(13-16)23(21-11-4-5-12-25-21)27-22-18(14-24)15-26-20-10-3-2-9-19(20)22/h2-13,15,23H,1H3,(H,26,27). The first-order valence-electron chi connectivity index (χ1n) is 8.78. The van der Waals surface area contributed by atoms with E-state index in [1.54, 1.807) is 12.4 Å². The molecule has 0 aliphatic rings. The Balaban J connectivity index is 1.88. The van der Waals surface area contributed by atoms with Crippen LogP contribution in [0.3, 0.4) is 0 Å². The third-order valence-electron chi connectivity index (χ3n) is 4.54. The molecule has 2 heterocycles. The lowest BCUT2D eigenvalue weighted by Gasteiger charge is -2.22. The van der Waals surface area contributed by atoms with Gasteiger partial charge in [-0.15, -0.1) is 0 Å². The van der Waals surface area contributed by atoms with Crippen molar-refractivity contribution in [3.05, 3.63) is 102 Å². The zero-order valence-electron chi connectivity index (χ0n) is 14.9. The lowest BCUT2D eigenvalue weighted by molar-refractivity contribution is 0.886. The topological polar surface area (TPSA) is 61.6 Å². The van der Waals surface area contributed by atoms with Crippen LogP contribution in [-0.2, 0) is 0 Å². The molecule has 27 heavy (non-hydrogen) atoms. The Morgan fingerprint density at radius 1 is 0.963 bits per heavy atom. The minimum atomic E-state index is -0.177. The van der Waals surface area contributed by atoms with Crippen LogP contribution < -0.4 is 5.32 Å². The molecule has 4 rings (SSSR count). The number of nitriles is 1. The van der Waals surface area contributed by atoms with Crippen molar-refractivity contribution in [2.75, 3.05) is 5.32 Å². The Kier molecular flexibility index (Phi) is 4.51. The SMILES string of the molecule is Cc1cccc(C(Nc2c(C#N)cnc3ccccc23)c2ccccn2)c1. The third kappa shape index (κ3) is 3.36. The summed E-state index contributed by atoms with van der Waals surface area (Å²) in [6.07, 6.45) is 3.41. The van der Waals surface area contributed by atoms with Gasteiger partial charge in [0.05, 0.1) is 28.5 Å². The maximum absolute atomic E-state index is 9.63. The van der Waals surface area contributed by atoms with Crippen molar-refractivity contribution >= 4 is 16.6 Å². The Morgan fingerprint density at radius 3 is 2.59 bits per heavy atom. The van der Waals surface area contributed by atoms with Gasteiger partial charge in [-0.05, 0) is 30.7 Å². The quantitative estimate of drug-likeness (QED) is 0.562. The number of aromatic nitrogens is 2. The zero-order valence-corrected chi connectivity index (χ0v) is 14.9. The number of benzene rings is 2. The average molecular weight is 350 g/mol. The van der Waals surface area contributed by atoms with Crippen LogP contribution in [0.15, 0.2) is 79.1 Å². The highest BCUT2D eigenvalue weighted by Gasteiger charge is 2.19. The lowest BCUT2D eigenvalue weighted by atomic mass is 9.99. The molecule has 0 amide bonds. The van der Waals surface area contributed by atoms with Crippen LogP contribution in [0.25, 0.3) is 10.9 Å². The van der Waals surface area contributed by atoms with Crippen LogP contribution in [0, 0.1) is 18.3 Å². The van der Waals surface area contributed by atoms with Crippen LogP contribution >= 0.6 is 0 Å². The molecule has 1 unspecified atom stereocenters. The molecule has 2 aromatic heterocycles. The number of anilines is 1. The number of nitrogens with zero attached hydrogens (tertiary/aromatic N) is 3. The fourth-order valence-corrected chi connectivity index (χ4v) is 3.25. The van der Waals surface area contributed by atoms with Gasteiger partial charge in [0.1, 0.15) is 6.07 Å². The second-order valence-corrected chi connectivity index (χ2v) is 6.42. The molecule has 1 N–H and O–H groups in total. The molecular weight excluding hydrogens is 332 g/mol. The van der Waals surface area contributed by atoms with Crippen molar-refractivity contribution in [1.29, 1.82) is 5.26 Å². The molecule has 4 heteroatoms. The molecule has 0 spiro atoms. The van der Waals surface area contributed by atoms with Crippen molar-refractivity contribution in [3.63, 3.8) is 0 Å². The summed E-state index contributed by atoms with van der Waals surface area (Å²) >= 11 is 0. The highest BCUT2D eigenvalue weighted by Crippen LogP contribution is 2.32. The number of aryl methyl sites for hydroxylation is 1. The van der Waals surface area contributed by atoms with E-state index in [-0.39, 0.29) is 6.04 Å². The number of para-hydroxylation sites is 1. The van der Waals surface area contributed by atoms with Gasteiger partial charge in [0.15, 0.2) is 0 Å². The minimum Gasteiger partial charge on any atom is -0.371 e. The first-order valence-corrected chi connectivity index (χ1v) is 8.78. The number of hydrogen-bond acceptors (Lipinski definition) is 4. The monoisotopic (exact) mass is 350 g/mol. The molecular formula is C23H18N4. The predicted molar refractivity (Wildman–Crippen MR) is 107 cm³/mol. The first-order chi connectivity index (χ1) is 13.3. The van der Waals surface area contributed by atoms with Crippen molar-refractivity contribution in [3.8, 4) is 6.07 Å². The fourth-order valence-electron chi connectivity index (χ4n) is 3.25. The number of fused-ring (bicyclic) bond motifs is 1. The van der Waals surface area contributed by atoms with Gasteiger partial charge < -0.3 is 5.32 Å². The van der Waals surface area contributed by atoms with E-state index in [9.17, 15) is 5.26 Å². The molecule has 1 atom stereocenters. The van der Waals surface area contributed by atoms with E-state index in [2.05, 4.69) is 46.5 Å². The maximum atomic E-state index is 9.63. The van der Waals surface area contributed by atoms with Crippen molar-refractivity contribution in [1.82, 2.24) is 9.97 Å². The number of pyridine rings is 2. The average Bonchev–Trinajstić information content (AvgIpc) is 2.72. The van der Waals surface area contributed by atoms with Gasteiger partial charge >= 0.3 is 0 Å². The van der Waals surface area contributed by atoms with Gasteiger partial charge in [-0.25, -0.2) is 0 Å². The molecule has 0 bridgehead atoms. The molecule has 0 aliphatic carbocycles. The molecule has 2 aromatic carbocycles. The maximum Gasteiger partial charge on any atom is 0.103 e. The highest BCUT2D eigenvalue weighted by atomic mass is 15.0. The smallest absolute Gasteiger partial charge is 0.103 e. The Hall–Kier alpha value is -3.71. The molecule has 130 valence electrons. The van der Waals surface area contributed by atoms with E-state index in [4.69, 9.17) is 0 Å². The van der Waals surface area contributed by atoms with E-state index in [0.29, 0.717) is 5.56 Å². The van der Waals surface area contributed by atoms with Crippen molar-refractivity contribution in [2.45, 2.75) is 13.0 Å². The van der Waals surface area contributed by atoms with Gasteiger partial charge in [-0.1, -0.05) is 54.1 Å². The van der Waals surface area contributed by atoms with Crippen LogP contribution in [0.1, 0.15) is 28.4 Å². The minimum absolute atomic E-state index is 0.177. The summed E-state index contributed by atoms with van der Waals surface area (Å²) < 4.78 is 0. The van der Waals surface area contributed by atoms with E-state index in [1.165, 1.54) is 5.56 Å². The first kappa shape index (κ1) is 16.7. The van der Waals surface area contributed by atoms with Crippen LogP contribution in [-0.4, -0.2) is 9.97 Å². The summed E-state index contributed by atoms with van der Waals surface area (Å²) in [5, 5.41) is 14.1. The largest absolute Gasteiger partial charge is 0.371 e. The second kappa shape index (κ2) is 7.27. The second-order valence-electron chi connectivity index (χ2n) is 6.42. The molecule has 4 aromatic rings. The molecule has 4 nitrogen and oxygen atoms in total. The van der Waals surface area contributed by atoms with E-state index >= 15 is 0 Å². The Morgan fingerprint density at radius 2 is 1.81 bits per heavy atom. The van der Waals surface area contributed by atoms with Gasteiger partial charge in [0, 0.05) is 17.8 Å². The number of rotatable bonds is 4. The summed E-state index contributed by atoms with van der Waals surface area (Å²) in [6, 6.07) is 24.1. The summed E-state index contributed by atoms with van der Waals surface area (Å²) in [5.41, 5.74) is 5.31. The molecule has 0 fully saturated rings. The van der Waals surface area contributed by atoms with Crippen LogP contribution in [0.2, 0.25) is 0 Å². The summed E-state index contributed by atoms with van der Waals surface area (Å²) in [7, 11) is 0. The van der Waals surface area contributed by atoms with Crippen LogP contribution in [0.4, 0.5) is 5.69 Å². The summed E-state index contributed by atoms with van der Waals surface area (Å²) in [5.74, 6) is 0. The highest BCUT2D eigenvalue weighted by molar-refractivity contribution is 5.94. The predicted octanol–water partition coefficient (Wildman–Crippen LogP) is 5.01. The van der Waals surface area contributed by atoms with Gasteiger partial charge in [0.2, 0.25) is 0 Å². The Labute approximate surface area is 158 Å².